The Kier molecular flexibility index (Phi) is 3.78. The lowest BCUT2D eigenvalue weighted by atomic mass is 10.2. The summed E-state index contributed by atoms with van der Waals surface area (Å²) in [5, 5.41) is 3.99. The van der Waals surface area contributed by atoms with E-state index in [0.29, 0.717) is 23.2 Å². The number of ether oxygens (including phenoxy) is 1. The third-order valence-electron chi connectivity index (χ3n) is 3.67. The molecule has 3 aromatic rings. The topological polar surface area (TPSA) is 68.5 Å². The van der Waals surface area contributed by atoms with E-state index in [-0.39, 0.29) is 19.1 Å². The first kappa shape index (κ1) is 14.9. The number of carbonyl (C=O) groups excluding carboxylic acids is 1. The lowest BCUT2D eigenvalue weighted by Crippen LogP contribution is -2.38. The van der Waals surface area contributed by atoms with Gasteiger partial charge in [0.2, 0.25) is 11.7 Å². The Balaban J connectivity index is 1.60. The van der Waals surface area contributed by atoms with E-state index in [1.807, 2.05) is 48.5 Å². The van der Waals surface area contributed by atoms with E-state index in [9.17, 15) is 4.79 Å². The van der Waals surface area contributed by atoms with E-state index >= 15 is 0 Å². The molecule has 0 bridgehead atoms. The molecule has 1 aliphatic heterocycles. The van der Waals surface area contributed by atoms with Crippen LogP contribution in [-0.4, -0.2) is 22.7 Å². The van der Waals surface area contributed by atoms with Crippen molar-refractivity contribution >= 4 is 27.5 Å². The Morgan fingerprint density at radius 2 is 1.92 bits per heavy atom. The average Bonchev–Trinajstić information content (AvgIpc) is 3.07. The number of anilines is 1. The molecule has 0 radical (unpaired) electrons. The third kappa shape index (κ3) is 2.78. The summed E-state index contributed by atoms with van der Waals surface area (Å²) in [6.07, 6.45) is 0. The van der Waals surface area contributed by atoms with Crippen molar-refractivity contribution in [2.24, 2.45) is 0 Å². The number of carbonyl (C=O) groups is 1. The second-order valence-electron chi connectivity index (χ2n) is 5.25. The highest BCUT2D eigenvalue weighted by molar-refractivity contribution is 9.10. The molecule has 0 aliphatic carbocycles. The predicted molar refractivity (Wildman–Crippen MR) is 90.6 cm³/mol. The number of aromatic nitrogens is 2. The van der Waals surface area contributed by atoms with Gasteiger partial charge in [-0.1, -0.05) is 33.2 Å². The summed E-state index contributed by atoms with van der Waals surface area (Å²) in [5.41, 5.74) is 1.55. The van der Waals surface area contributed by atoms with Crippen LogP contribution in [0.1, 0.15) is 5.89 Å². The van der Waals surface area contributed by atoms with Crippen molar-refractivity contribution in [3.63, 3.8) is 0 Å². The van der Waals surface area contributed by atoms with Crippen molar-refractivity contribution in [2.45, 2.75) is 6.54 Å². The molecule has 24 heavy (non-hydrogen) atoms. The molecule has 0 saturated carbocycles. The minimum Gasteiger partial charge on any atom is -0.482 e. The van der Waals surface area contributed by atoms with Crippen LogP contribution in [0, 0.1) is 0 Å². The maximum absolute atomic E-state index is 12.2. The van der Waals surface area contributed by atoms with Gasteiger partial charge in [-0.2, -0.15) is 4.98 Å². The molecule has 0 unspecified atom stereocenters. The predicted octanol–water partition coefficient (Wildman–Crippen LogP) is 3.42. The van der Waals surface area contributed by atoms with Crippen LogP contribution in [-0.2, 0) is 11.3 Å². The van der Waals surface area contributed by atoms with E-state index in [2.05, 4.69) is 26.1 Å². The molecule has 2 aromatic carbocycles. The molecule has 6 nitrogen and oxygen atoms in total. The number of hydrogen-bond acceptors (Lipinski definition) is 5. The third-order valence-corrected chi connectivity index (χ3v) is 4.20. The molecule has 0 fully saturated rings. The van der Waals surface area contributed by atoms with Gasteiger partial charge in [-0.05, 0) is 36.4 Å². The number of para-hydroxylation sites is 2. The summed E-state index contributed by atoms with van der Waals surface area (Å²) in [5.74, 6) is 1.39. The Hall–Kier alpha value is -2.67. The molecule has 0 saturated heterocycles. The Bertz CT molecular complexity index is 892. The zero-order chi connectivity index (χ0) is 16.5. The fourth-order valence-electron chi connectivity index (χ4n) is 2.50. The number of amides is 1. The lowest BCUT2D eigenvalue weighted by molar-refractivity contribution is -0.121. The van der Waals surface area contributed by atoms with Crippen LogP contribution < -0.4 is 9.64 Å². The van der Waals surface area contributed by atoms with E-state index in [4.69, 9.17) is 9.26 Å². The van der Waals surface area contributed by atoms with Crippen molar-refractivity contribution in [1.82, 2.24) is 10.1 Å². The first-order chi connectivity index (χ1) is 11.7. The quantitative estimate of drug-likeness (QED) is 0.690. The largest absolute Gasteiger partial charge is 0.482 e. The summed E-state index contributed by atoms with van der Waals surface area (Å²) in [7, 11) is 0. The molecular weight excluding hydrogens is 374 g/mol. The fourth-order valence-corrected chi connectivity index (χ4v) is 2.76. The molecule has 1 aromatic heterocycles. The number of nitrogens with zero attached hydrogens (tertiary/aromatic N) is 3. The van der Waals surface area contributed by atoms with E-state index < -0.39 is 0 Å². The van der Waals surface area contributed by atoms with Crippen molar-refractivity contribution in [1.29, 1.82) is 0 Å². The maximum Gasteiger partial charge on any atom is 0.265 e. The van der Waals surface area contributed by atoms with Crippen molar-refractivity contribution in [2.75, 3.05) is 11.5 Å². The Labute approximate surface area is 146 Å². The zero-order valence-electron chi connectivity index (χ0n) is 12.5. The summed E-state index contributed by atoms with van der Waals surface area (Å²) < 4.78 is 11.7. The average molecular weight is 386 g/mol. The monoisotopic (exact) mass is 385 g/mol. The van der Waals surface area contributed by atoms with Gasteiger partial charge >= 0.3 is 0 Å². The molecule has 7 heteroatoms. The van der Waals surface area contributed by atoms with Gasteiger partial charge in [-0.15, -0.1) is 0 Å². The van der Waals surface area contributed by atoms with Crippen LogP contribution in [0.3, 0.4) is 0 Å². The molecule has 0 N–H and O–H groups in total. The van der Waals surface area contributed by atoms with Gasteiger partial charge < -0.3 is 9.26 Å². The molecule has 0 atom stereocenters. The molecule has 1 aliphatic rings. The SMILES string of the molecule is O=C1COc2ccccc2N1Cc1nc(-c2ccc(Br)cc2)no1. The van der Waals surface area contributed by atoms with E-state index in [1.165, 1.54) is 0 Å². The lowest BCUT2D eigenvalue weighted by Gasteiger charge is -2.27. The van der Waals surface area contributed by atoms with Crippen LogP contribution in [0.25, 0.3) is 11.4 Å². The second-order valence-corrected chi connectivity index (χ2v) is 6.17. The fraction of sp³-hybridized carbons (Fsp3) is 0.118. The van der Waals surface area contributed by atoms with Crippen molar-refractivity contribution in [3.8, 4) is 17.1 Å². The van der Waals surface area contributed by atoms with Crippen LogP contribution in [0.15, 0.2) is 57.5 Å². The highest BCUT2D eigenvalue weighted by Crippen LogP contribution is 2.32. The molecule has 0 spiro atoms. The van der Waals surface area contributed by atoms with Gasteiger partial charge in [0.25, 0.3) is 5.91 Å². The summed E-state index contributed by atoms with van der Waals surface area (Å²) >= 11 is 3.39. The Morgan fingerprint density at radius 1 is 1.12 bits per heavy atom. The number of benzene rings is 2. The zero-order valence-corrected chi connectivity index (χ0v) is 14.1. The first-order valence-electron chi connectivity index (χ1n) is 7.31. The van der Waals surface area contributed by atoms with Crippen molar-refractivity contribution in [3.05, 3.63) is 58.9 Å². The molecule has 2 heterocycles. The first-order valence-corrected chi connectivity index (χ1v) is 8.11. The van der Waals surface area contributed by atoms with E-state index in [1.54, 1.807) is 4.90 Å². The molecular formula is C17H12BrN3O3. The number of hydrogen-bond donors (Lipinski definition) is 0. The van der Waals surface area contributed by atoms with Gasteiger partial charge in [0.15, 0.2) is 6.61 Å². The van der Waals surface area contributed by atoms with Gasteiger partial charge in [0, 0.05) is 10.0 Å². The highest BCUT2D eigenvalue weighted by Gasteiger charge is 2.27. The minimum absolute atomic E-state index is 0.00468. The normalized spacial score (nSPS) is 13.5. The van der Waals surface area contributed by atoms with Gasteiger partial charge in [0.05, 0.1) is 5.69 Å². The van der Waals surface area contributed by atoms with Crippen LogP contribution >= 0.6 is 15.9 Å². The van der Waals surface area contributed by atoms with Gasteiger partial charge in [-0.3, -0.25) is 9.69 Å². The molecule has 120 valence electrons. The standard InChI is InChI=1S/C17H12BrN3O3/c18-12-7-5-11(6-8-12)17-19-15(24-20-17)9-21-13-3-1-2-4-14(13)23-10-16(21)22/h1-8H,9-10H2. The smallest absolute Gasteiger partial charge is 0.265 e. The van der Waals surface area contributed by atoms with E-state index in [0.717, 1.165) is 10.0 Å². The maximum atomic E-state index is 12.2. The number of halogens is 1. The van der Waals surface area contributed by atoms with Crippen LogP contribution in [0.2, 0.25) is 0 Å². The van der Waals surface area contributed by atoms with Gasteiger partial charge in [0.1, 0.15) is 12.3 Å². The minimum atomic E-state index is -0.142. The molecule has 1 amide bonds. The number of rotatable bonds is 3. The molecule has 4 rings (SSSR count). The summed E-state index contributed by atoms with van der Waals surface area (Å²) in [6.45, 7) is 0.216. The summed E-state index contributed by atoms with van der Waals surface area (Å²) in [4.78, 5) is 18.2. The van der Waals surface area contributed by atoms with Crippen LogP contribution in [0.5, 0.6) is 5.75 Å². The second kappa shape index (κ2) is 6.09. The van der Waals surface area contributed by atoms with Gasteiger partial charge in [-0.25, -0.2) is 0 Å². The van der Waals surface area contributed by atoms with Crippen molar-refractivity contribution < 1.29 is 14.1 Å². The Morgan fingerprint density at radius 3 is 2.75 bits per heavy atom. The van der Waals surface area contributed by atoms with Crippen LogP contribution in [0.4, 0.5) is 5.69 Å². The number of fused-ring (bicyclic) bond motifs is 1. The highest BCUT2D eigenvalue weighted by atomic mass is 79.9. The summed E-state index contributed by atoms with van der Waals surface area (Å²) in [6, 6.07) is 15.0.